The van der Waals surface area contributed by atoms with Crippen molar-refractivity contribution in [1.29, 1.82) is 0 Å². The van der Waals surface area contributed by atoms with Gasteiger partial charge in [-0.3, -0.25) is 18.7 Å². The SMILES string of the molecule is C[C@@H](CCC(=O)NCCS(=O)(=O)O)[C@H]1CC[C@@H]2[C@H]3[C@H](O)CC4C[C@@H](CCC=CCC[C@@H]5CC[C@@]6(C)C(C5)C[C@H](O)[C@H]5[C@@H]7CC[C@H]([C@@H](C)CCC(=O)CCCS(=O)(=O)O)[C@@]7(C)CC[C@@H]56)CC[C@@]4(C)[C@@H]3CC[C@]21C. The molecule has 0 aliphatic heterocycles. The Kier molecular flexibility index (Phi) is 17.8. The van der Waals surface area contributed by atoms with Gasteiger partial charge >= 0.3 is 0 Å². The number of hydrogen-bond acceptors (Lipinski definition) is 8. The van der Waals surface area contributed by atoms with Crippen LogP contribution in [0, 0.1) is 105 Å². The van der Waals surface area contributed by atoms with E-state index in [1.54, 1.807) is 0 Å². The van der Waals surface area contributed by atoms with Gasteiger partial charge in [-0.2, -0.15) is 16.8 Å². The number of aliphatic hydroxyl groups excluding tert-OH is 2. The molecule has 1 amide bonds. The van der Waals surface area contributed by atoms with Crippen LogP contribution in [0.1, 0.15) is 208 Å². The smallest absolute Gasteiger partial charge is 0.266 e. The van der Waals surface area contributed by atoms with Gasteiger partial charge < -0.3 is 15.5 Å². The quantitative estimate of drug-likeness (QED) is 0.0545. The first-order chi connectivity index (χ1) is 33.9. The van der Waals surface area contributed by atoms with Gasteiger partial charge in [-0.05, 0) is 252 Å². The Hall–Kier alpha value is -1.38. The zero-order chi connectivity index (χ0) is 52.0. The molecule has 5 N–H and O–H groups in total. The van der Waals surface area contributed by atoms with Crippen LogP contribution in [0.3, 0.4) is 0 Å². The molecule has 13 heteroatoms. The molecule has 2 unspecified atom stereocenters. The van der Waals surface area contributed by atoms with Crippen molar-refractivity contribution in [3.63, 3.8) is 0 Å². The highest BCUT2D eigenvalue weighted by molar-refractivity contribution is 7.86. The standard InChI is InChI=1S/C59H99NO10S2/c1-38(15-17-44(61)14-11-32-71(65,66)67)45-18-20-47-54-49(25-29-58(45,47)5)56(3)27-23-40(34-42(56)36-51(54)62)12-9-7-8-10-13-41-24-28-57(4)43(35-41)37-52(63)55-48-21-19-46(59(48,6)30-26-50(55)57)39(2)16-22-53(64)60-31-33-72(68,69)70/h7-8,38-43,45-52,54-55,62-63H,9-37H2,1-6H3,(H,60,64)(H,65,66,67)(H,68,69,70)/t38-,39-,40+,41-,42?,43?,45+,46+,47-,48+,49-,50+,51-,52+,54-,55+,56-,57+,58+,59-/m0/s1. The third kappa shape index (κ3) is 12.0. The van der Waals surface area contributed by atoms with E-state index in [9.17, 15) is 36.6 Å². The molecule has 0 aromatic heterocycles. The number of allylic oxidation sites excluding steroid dienone is 2. The number of carbonyl (C=O) groups is 2. The van der Waals surface area contributed by atoms with Gasteiger partial charge in [0.05, 0.1) is 23.7 Å². The molecule has 0 radical (unpaired) electrons. The van der Waals surface area contributed by atoms with Gasteiger partial charge in [-0.15, -0.1) is 0 Å². The number of fused-ring (bicyclic) bond motifs is 10. The van der Waals surface area contributed by atoms with Crippen LogP contribution in [0.5, 0.6) is 0 Å². The van der Waals surface area contributed by atoms with Gasteiger partial charge in [0.1, 0.15) is 5.78 Å². The van der Waals surface area contributed by atoms with E-state index in [4.69, 9.17) is 9.11 Å². The molecular weight excluding hydrogens is 947 g/mol. The summed E-state index contributed by atoms with van der Waals surface area (Å²) in [7, 11) is -8.13. The number of amides is 1. The highest BCUT2D eigenvalue weighted by atomic mass is 32.2. The number of hydrogen-bond donors (Lipinski definition) is 5. The Balaban J connectivity index is 0.751. The third-order valence-corrected chi connectivity index (χ3v) is 25.5. The second kappa shape index (κ2) is 22.5. The molecule has 0 spiro atoms. The van der Waals surface area contributed by atoms with E-state index in [0.29, 0.717) is 94.7 Å². The van der Waals surface area contributed by atoms with Gasteiger partial charge in [0.25, 0.3) is 20.2 Å². The lowest BCUT2D eigenvalue weighted by atomic mass is 9.43. The molecule has 8 aliphatic carbocycles. The summed E-state index contributed by atoms with van der Waals surface area (Å²) < 4.78 is 62.4. The summed E-state index contributed by atoms with van der Waals surface area (Å²) in [5, 5.41) is 26.7. The Morgan fingerprint density at radius 3 is 1.46 bits per heavy atom. The number of rotatable bonds is 21. The average Bonchev–Trinajstić information content (AvgIpc) is 3.85. The average molecular weight is 1050 g/mol. The molecule has 412 valence electrons. The molecular formula is C59H99NO10S2. The van der Waals surface area contributed by atoms with Crippen LogP contribution in [0.25, 0.3) is 0 Å². The van der Waals surface area contributed by atoms with Crippen molar-refractivity contribution in [2.24, 2.45) is 105 Å². The fourth-order valence-corrected chi connectivity index (χ4v) is 21.0. The van der Waals surface area contributed by atoms with Crippen molar-refractivity contribution in [2.75, 3.05) is 18.1 Å². The molecule has 11 nitrogen and oxygen atoms in total. The van der Waals surface area contributed by atoms with Crippen LogP contribution in [0.4, 0.5) is 0 Å². The van der Waals surface area contributed by atoms with Crippen LogP contribution in [0.15, 0.2) is 12.2 Å². The minimum atomic E-state index is -4.10. The summed E-state index contributed by atoms with van der Waals surface area (Å²) in [5.74, 6) is 6.58. The third-order valence-electron chi connectivity index (χ3n) is 24.0. The lowest BCUT2D eigenvalue weighted by molar-refractivity contribution is -0.169. The maximum absolute atomic E-state index is 12.6. The summed E-state index contributed by atoms with van der Waals surface area (Å²) in [4.78, 5) is 25.1. The monoisotopic (exact) mass is 1050 g/mol. The number of nitrogens with one attached hydrogen (secondary N) is 1. The van der Waals surface area contributed by atoms with E-state index in [2.05, 4.69) is 59.0 Å². The summed E-state index contributed by atoms with van der Waals surface area (Å²) in [6, 6.07) is 0. The largest absolute Gasteiger partial charge is 0.393 e. The fourth-order valence-electron chi connectivity index (χ4n) is 20.1. The van der Waals surface area contributed by atoms with Crippen molar-refractivity contribution in [3.05, 3.63) is 12.2 Å². The number of aliphatic hydroxyl groups is 2. The van der Waals surface area contributed by atoms with Gasteiger partial charge in [0.2, 0.25) is 5.91 Å². The van der Waals surface area contributed by atoms with E-state index in [1.807, 2.05) is 0 Å². The molecule has 0 aromatic carbocycles. The lowest BCUT2D eigenvalue weighted by Crippen LogP contribution is -2.58. The summed E-state index contributed by atoms with van der Waals surface area (Å²) in [6.07, 6.45) is 31.1. The maximum Gasteiger partial charge on any atom is 0.266 e. The zero-order valence-corrected chi connectivity index (χ0v) is 47.1. The van der Waals surface area contributed by atoms with Crippen molar-refractivity contribution in [1.82, 2.24) is 5.32 Å². The van der Waals surface area contributed by atoms with E-state index in [1.165, 1.54) is 89.9 Å². The second-order valence-electron chi connectivity index (χ2n) is 27.6. The molecule has 0 saturated heterocycles. The highest BCUT2D eigenvalue weighted by Gasteiger charge is 2.64. The Morgan fingerprint density at radius 1 is 0.569 bits per heavy atom. The second-order valence-corrected chi connectivity index (χ2v) is 30.7. The van der Waals surface area contributed by atoms with E-state index in [-0.39, 0.29) is 59.9 Å². The predicted octanol–water partition coefficient (Wildman–Crippen LogP) is 11.7. The molecule has 8 aliphatic rings. The first-order valence-electron chi connectivity index (χ1n) is 29.6. The molecule has 0 bridgehead atoms. The van der Waals surface area contributed by atoms with Gasteiger partial charge in [0.15, 0.2) is 0 Å². The Bertz CT molecular complexity index is 2000. The molecule has 20 atom stereocenters. The lowest BCUT2D eigenvalue weighted by Gasteiger charge is -2.62. The van der Waals surface area contributed by atoms with Crippen molar-refractivity contribution < 1.29 is 45.7 Å². The van der Waals surface area contributed by atoms with Crippen LogP contribution >= 0.6 is 0 Å². The summed E-state index contributed by atoms with van der Waals surface area (Å²) in [5.41, 5.74) is 0.966. The molecule has 8 saturated carbocycles. The van der Waals surface area contributed by atoms with Crippen LogP contribution in [0.2, 0.25) is 0 Å². The summed E-state index contributed by atoms with van der Waals surface area (Å²) >= 11 is 0. The van der Waals surface area contributed by atoms with E-state index in [0.717, 1.165) is 63.2 Å². The minimum absolute atomic E-state index is 0.0676. The van der Waals surface area contributed by atoms with Crippen LogP contribution < -0.4 is 5.32 Å². The van der Waals surface area contributed by atoms with Gasteiger partial charge in [-0.25, -0.2) is 0 Å². The van der Waals surface area contributed by atoms with Crippen LogP contribution in [-0.4, -0.2) is 78.1 Å². The fraction of sp³-hybridized carbons (Fsp3) is 0.932. The maximum atomic E-state index is 12.6. The molecule has 0 aromatic rings. The summed E-state index contributed by atoms with van der Waals surface area (Å²) in [6.45, 7) is 14.7. The van der Waals surface area contributed by atoms with Crippen molar-refractivity contribution in [2.45, 2.75) is 221 Å². The Labute approximate surface area is 436 Å². The van der Waals surface area contributed by atoms with Gasteiger partial charge in [-0.1, -0.05) is 53.7 Å². The highest BCUT2D eigenvalue weighted by Crippen LogP contribution is 2.71. The van der Waals surface area contributed by atoms with Gasteiger partial charge in [0, 0.05) is 25.8 Å². The zero-order valence-electron chi connectivity index (χ0n) is 45.5. The molecule has 72 heavy (non-hydrogen) atoms. The first-order valence-corrected chi connectivity index (χ1v) is 32.8. The van der Waals surface area contributed by atoms with E-state index < -0.39 is 26.0 Å². The first kappa shape index (κ1) is 56.8. The molecule has 8 fully saturated rings. The minimum Gasteiger partial charge on any atom is -0.393 e. The normalized spacial score (nSPS) is 43.6. The number of ketones is 1. The van der Waals surface area contributed by atoms with Crippen molar-refractivity contribution in [3.8, 4) is 0 Å². The number of Topliss-reactive ketones (excluding diaryl/α,β-unsaturated/α-hetero) is 1. The Morgan fingerprint density at radius 2 is 1.00 bits per heavy atom. The number of carbonyl (C=O) groups excluding carboxylic acids is 2. The molecule has 0 heterocycles. The topological polar surface area (TPSA) is 195 Å². The van der Waals surface area contributed by atoms with Crippen LogP contribution in [-0.2, 0) is 29.8 Å². The predicted molar refractivity (Wildman–Crippen MR) is 285 cm³/mol. The molecule has 8 rings (SSSR count). The van der Waals surface area contributed by atoms with Crippen molar-refractivity contribution >= 4 is 31.9 Å². The van der Waals surface area contributed by atoms with E-state index >= 15 is 0 Å².